The number of hydrogen-bond donors (Lipinski definition) is 1. The molecule has 1 saturated carbocycles. The number of benzene rings is 1. The summed E-state index contributed by atoms with van der Waals surface area (Å²) in [6.45, 7) is 8.18. The minimum atomic E-state index is 0.318. The second-order valence-corrected chi connectivity index (χ2v) is 6.81. The first-order chi connectivity index (χ1) is 9.71. The molecule has 1 aromatic carbocycles. The van der Waals surface area contributed by atoms with Gasteiger partial charge >= 0.3 is 0 Å². The van der Waals surface area contributed by atoms with Crippen LogP contribution in [0.5, 0.6) is 0 Å². The smallest absolute Gasteiger partial charge is 0.0367 e. The monoisotopic (exact) mass is 272 g/mol. The zero-order chi connectivity index (χ0) is 14.0. The molecule has 2 heteroatoms. The zero-order valence-electron chi connectivity index (χ0n) is 13.0. The Bertz CT molecular complexity index is 435. The van der Waals surface area contributed by atoms with Crippen molar-refractivity contribution in [1.82, 2.24) is 5.32 Å². The molecule has 110 valence electrons. The minimum Gasteiger partial charge on any atom is -0.370 e. The molecule has 0 radical (unpaired) electrons. The highest BCUT2D eigenvalue weighted by atomic mass is 15.2. The Hall–Kier alpha value is -1.02. The molecule has 1 aliphatic heterocycles. The van der Waals surface area contributed by atoms with Gasteiger partial charge in [-0.15, -0.1) is 0 Å². The molecule has 2 aliphatic rings. The van der Waals surface area contributed by atoms with Crippen LogP contribution in [0.2, 0.25) is 0 Å². The van der Waals surface area contributed by atoms with Gasteiger partial charge in [0.25, 0.3) is 0 Å². The van der Waals surface area contributed by atoms with Crippen molar-refractivity contribution in [3.63, 3.8) is 0 Å². The summed E-state index contributed by atoms with van der Waals surface area (Å²) < 4.78 is 0. The van der Waals surface area contributed by atoms with E-state index in [-0.39, 0.29) is 0 Å². The molecule has 1 saturated heterocycles. The predicted octanol–water partition coefficient (Wildman–Crippen LogP) is 3.61. The van der Waals surface area contributed by atoms with E-state index >= 15 is 0 Å². The van der Waals surface area contributed by atoms with Crippen molar-refractivity contribution in [2.45, 2.75) is 51.5 Å². The Morgan fingerprint density at radius 1 is 1.25 bits per heavy atom. The summed E-state index contributed by atoms with van der Waals surface area (Å²) in [5.74, 6) is 0.891. The van der Waals surface area contributed by atoms with Crippen LogP contribution in [0, 0.1) is 5.92 Å². The lowest BCUT2D eigenvalue weighted by atomic mass is 9.95. The van der Waals surface area contributed by atoms with Crippen LogP contribution in [0.3, 0.4) is 0 Å². The maximum absolute atomic E-state index is 3.81. The normalized spacial score (nSPS) is 27.4. The van der Waals surface area contributed by atoms with Crippen molar-refractivity contribution >= 4 is 5.69 Å². The lowest BCUT2D eigenvalue weighted by Gasteiger charge is -2.35. The number of rotatable bonds is 4. The maximum Gasteiger partial charge on any atom is 0.0367 e. The first-order valence-electron chi connectivity index (χ1n) is 8.30. The van der Waals surface area contributed by atoms with Gasteiger partial charge in [0.15, 0.2) is 0 Å². The van der Waals surface area contributed by atoms with Crippen molar-refractivity contribution in [3.05, 3.63) is 29.8 Å². The number of hydrogen-bond acceptors (Lipinski definition) is 2. The summed E-state index contributed by atoms with van der Waals surface area (Å²) in [4.78, 5) is 2.59. The average molecular weight is 272 g/mol. The zero-order valence-corrected chi connectivity index (χ0v) is 13.0. The largest absolute Gasteiger partial charge is 0.370 e. The highest BCUT2D eigenvalue weighted by Crippen LogP contribution is 2.41. The average Bonchev–Trinajstić information content (AvgIpc) is 3.27. The second-order valence-electron chi connectivity index (χ2n) is 6.81. The van der Waals surface area contributed by atoms with Crippen LogP contribution >= 0.6 is 0 Å². The molecular weight excluding hydrogens is 244 g/mol. The molecule has 1 aromatic rings. The Kier molecular flexibility index (Phi) is 4.02. The van der Waals surface area contributed by atoms with Crippen molar-refractivity contribution in [2.75, 3.05) is 24.5 Å². The molecule has 1 atom stereocenters. The Morgan fingerprint density at radius 2 is 2.00 bits per heavy atom. The third-order valence-electron chi connectivity index (χ3n) is 4.97. The van der Waals surface area contributed by atoms with Gasteiger partial charge in [-0.1, -0.05) is 25.5 Å². The second kappa shape index (κ2) is 5.77. The van der Waals surface area contributed by atoms with Gasteiger partial charge in [-0.2, -0.15) is 0 Å². The van der Waals surface area contributed by atoms with E-state index in [0.717, 1.165) is 19.0 Å². The van der Waals surface area contributed by atoms with Gasteiger partial charge in [0, 0.05) is 24.3 Å². The predicted molar refractivity (Wildman–Crippen MR) is 86.4 cm³/mol. The van der Waals surface area contributed by atoms with Crippen LogP contribution in [0.1, 0.15) is 45.1 Å². The van der Waals surface area contributed by atoms with E-state index in [2.05, 4.69) is 48.3 Å². The van der Waals surface area contributed by atoms with Gasteiger partial charge in [0.2, 0.25) is 0 Å². The lowest BCUT2D eigenvalue weighted by Crippen LogP contribution is -2.51. The molecule has 0 bridgehead atoms. The molecule has 1 aliphatic carbocycles. The molecule has 2 nitrogen and oxygen atoms in total. The summed E-state index contributed by atoms with van der Waals surface area (Å²) in [5.41, 5.74) is 3.19. The van der Waals surface area contributed by atoms with Crippen molar-refractivity contribution in [2.24, 2.45) is 5.92 Å². The Balaban J connectivity index is 1.74. The van der Waals surface area contributed by atoms with Crippen molar-refractivity contribution in [1.29, 1.82) is 0 Å². The van der Waals surface area contributed by atoms with Crippen LogP contribution < -0.4 is 10.2 Å². The Labute approximate surface area is 123 Å². The SMILES string of the molecule is CCCc1ccc(N2CCCNC(C)(C3CC3)C2)cc1. The number of nitrogens with zero attached hydrogens (tertiary/aromatic N) is 1. The molecule has 20 heavy (non-hydrogen) atoms. The van der Waals surface area contributed by atoms with E-state index in [9.17, 15) is 0 Å². The quantitative estimate of drug-likeness (QED) is 0.901. The Morgan fingerprint density at radius 3 is 2.65 bits per heavy atom. The van der Waals surface area contributed by atoms with Crippen molar-refractivity contribution in [3.8, 4) is 0 Å². The van der Waals surface area contributed by atoms with E-state index in [0.29, 0.717) is 5.54 Å². The van der Waals surface area contributed by atoms with E-state index in [1.807, 2.05) is 0 Å². The van der Waals surface area contributed by atoms with E-state index < -0.39 is 0 Å². The van der Waals surface area contributed by atoms with Gasteiger partial charge in [0.05, 0.1) is 0 Å². The molecule has 1 unspecified atom stereocenters. The minimum absolute atomic E-state index is 0.318. The van der Waals surface area contributed by atoms with Gasteiger partial charge in [-0.25, -0.2) is 0 Å². The molecule has 0 aromatic heterocycles. The molecule has 0 amide bonds. The van der Waals surface area contributed by atoms with Crippen LogP contribution in [0.4, 0.5) is 5.69 Å². The summed E-state index contributed by atoms with van der Waals surface area (Å²) in [5, 5.41) is 3.81. The topological polar surface area (TPSA) is 15.3 Å². The van der Waals surface area contributed by atoms with Gasteiger partial charge in [-0.05, 0) is 62.8 Å². The summed E-state index contributed by atoms with van der Waals surface area (Å²) in [6.07, 6.45) is 6.49. The van der Waals surface area contributed by atoms with E-state index in [1.54, 1.807) is 0 Å². The van der Waals surface area contributed by atoms with E-state index in [4.69, 9.17) is 0 Å². The van der Waals surface area contributed by atoms with Gasteiger partial charge in [-0.3, -0.25) is 0 Å². The number of anilines is 1. The third kappa shape index (κ3) is 3.01. The highest BCUT2D eigenvalue weighted by molar-refractivity contribution is 5.48. The summed E-state index contributed by atoms with van der Waals surface area (Å²) >= 11 is 0. The van der Waals surface area contributed by atoms with Crippen LogP contribution in [0.25, 0.3) is 0 Å². The fourth-order valence-electron chi connectivity index (χ4n) is 3.55. The van der Waals surface area contributed by atoms with Crippen molar-refractivity contribution < 1.29 is 0 Å². The standard InChI is InChI=1S/C18H28N2/c1-3-5-15-6-10-17(11-7-15)20-13-4-12-19-18(2,14-20)16-8-9-16/h6-7,10-11,16,19H,3-5,8-9,12-14H2,1-2H3. The first kappa shape index (κ1) is 13.9. The lowest BCUT2D eigenvalue weighted by molar-refractivity contribution is 0.331. The summed E-state index contributed by atoms with van der Waals surface area (Å²) in [6, 6.07) is 9.27. The molecular formula is C18H28N2. The number of nitrogens with one attached hydrogen (secondary N) is 1. The third-order valence-corrected chi connectivity index (χ3v) is 4.97. The number of aryl methyl sites for hydroxylation is 1. The van der Waals surface area contributed by atoms with Gasteiger partial charge in [0.1, 0.15) is 0 Å². The molecule has 1 heterocycles. The molecule has 2 fully saturated rings. The molecule has 0 spiro atoms. The van der Waals surface area contributed by atoms with Crippen LogP contribution in [-0.2, 0) is 6.42 Å². The summed E-state index contributed by atoms with van der Waals surface area (Å²) in [7, 11) is 0. The first-order valence-corrected chi connectivity index (χ1v) is 8.30. The molecule has 1 N–H and O–H groups in total. The maximum atomic E-state index is 3.81. The fourth-order valence-corrected chi connectivity index (χ4v) is 3.55. The molecule has 3 rings (SSSR count). The van der Waals surface area contributed by atoms with Crippen LogP contribution in [-0.4, -0.2) is 25.2 Å². The van der Waals surface area contributed by atoms with Gasteiger partial charge < -0.3 is 10.2 Å². The van der Waals surface area contributed by atoms with Crippen LogP contribution in [0.15, 0.2) is 24.3 Å². The highest BCUT2D eigenvalue weighted by Gasteiger charge is 2.43. The fraction of sp³-hybridized carbons (Fsp3) is 0.667. The van der Waals surface area contributed by atoms with E-state index in [1.165, 1.54) is 49.9 Å².